The molecular weight excluding hydrogens is 320 g/mol. The second-order valence-electron chi connectivity index (χ2n) is 7.80. The van der Waals surface area contributed by atoms with Crippen molar-refractivity contribution in [3.8, 4) is 6.07 Å². The highest BCUT2D eigenvalue weighted by Crippen LogP contribution is 2.35. The van der Waals surface area contributed by atoms with Gasteiger partial charge in [0.15, 0.2) is 5.65 Å². The molecule has 2 aromatic heterocycles. The van der Waals surface area contributed by atoms with Crippen LogP contribution in [0.15, 0.2) is 24.3 Å². The Morgan fingerprint density at radius 2 is 1.92 bits per heavy atom. The van der Waals surface area contributed by atoms with Crippen LogP contribution in [-0.2, 0) is 6.42 Å². The number of rotatable bonds is 4. The first-order valence-electron chi connectivity index (χ1n) is 9.69. The van der Waals surface area contributed by atoms with Crippen LogP contribution >= 0.6 is 0 Å². The lowest BCUT2D eigenvalue weighted by Crippen LogP contribution is -2.23. The normalized spacial score (nSPS) is 14.7. The Kier molecular flexibility index (Phi) is 4.32. The standard InChI is InChI=1S/C22H26N4/c1-15(2)10-11-17-16(3)18(14-23)21-24-19-8-4-5-9-20(19)26(21)22(17)25-12-6-7-13-25/h4-5,8-9,15H,6-7,10-13H2,1-3H3. The molecule has 1 aliphatic heterocycles. The van der Waals surface area contributed by atoms with Gasteiger partial charge in [0.05, 0.1) is 16.6 Å². The van der Waals surface area contributed by atoms with Crippen LogP contribution in [0.3, 0.4) is 0 Å². The van der Waals surface area contributed by atoms with E-state index in [-0.39, 0.29) is 0 Å². The molecular formula is C22H26N4. The minimum Gasteiger partial charge on any atom is -0.357 e. The minimum absolute atomic E-state index is 0.640. The Morgan fingerprint density at radius 3 is 2.62 bits per heavy atom. The van der Waals surface area contributed by atoms with E-state index in [1.54, 1.807) is 0 Å². The molecule has 4 rings (SSSR count). The van der Waals surface area contributed by atoms with E-state index in [4.69, 9.17) is 4.98 Å². The van der Waals surface area contributed by atoms with Crippen LogP contribution in [0, 0.1) is 24.2 Å². The summed E-state index contributed by atoms with van der Waals surface area (Å²) in [7, 11) is 0. The Morgan fingerprint density at radius 1 is 1.19 bits per heavy atom. The number of nitrogens with zero attached hydrogens (tertiary/aromatic N) is 4. The fraction of sp³-hybridized carbons (Fsp3) is 0.455. The average Bonchev–Trinajstić information content (AvgIpc) is 3.27. The zero-order valence-corrected chi connectivity index (χ0v) is 15.9. The Bertz CT molecular complexity index is 1000. The molecule has 0 saturated carbocycles. The molecule has 0 atom stereocenters. The number of anilines is 1. The fourth-order valence-corrected chi connectivity index (χ4v) is 4.16. The fourth-order valence-electron chi connectivity index (χ4n) is 4.16. The van der Waals surface area contributed by atoms with E-state index in [2.05, 4.69) is 48.3 Å². The van der Waals surface area contributed by atoms with Gasteiger partial charge in [-0.05, 0) is 61.8 Å². The quantitative estimate of drug-likeness (QED) is 0.678. The van der Waals surface area contributed by atoms with Crippen LogP contribution in [0.5, 0.6) is 0 Å². The van der Waals surface area contributed by atoms with Crippen molar-refractivity contribution in [2.24, 2.45) is 5.92 Å². The van der Waals surface area contributed by atoms with Gasteiger partial charge < -0.3 is 4.90 Å². The first-order chi connectivity index (χ1) is 12.6. The molecule has 4 heteroatoms. The molecule has 1 fully saturated rings. The molecule has 3 aromatic rings. The molecule has 1 aliphatic rings. The summed E-state index contributed by atoms with van der Waals surface area (Å²) in [5.74, 6) is 1.91. The minimum atomic E-state index is 0.640. The van der Waals surface area contributed by atoms with Crippen LogP contribution in [0.2, 0.25) is 0 Å². The number of hydrogen-bond acceptors (Lipinski definition) is 3. The molecule has 1 aromatic carbocycles. The van der Waals surface area contributed by atoms with Crippen LogP contribution in [0.1, 0.15) is 49.8 Å². The summed E-state index contributed by atoms with van der Waals surface area (Å²) in [4.78, 5) is 7.33. The van der Waals surface area contributed by atoms with Gasteiger partial charge in [0.2, 0.25) is 0 Å². The lowest BCUT2D eigenvalue weighted by molar-refractivity contribution is 0.584. The van der Waals surface area contributed by atoms with E-state index >= 15 is 0 Å². The van der Waals surface area contributed by atoms with Gasteiger partial charge in [0, 0.05) is 13.1 Å². The third-order valence-electron chi connectivity index (χ3n) is 5.58. The van der Waals surface area contributed by atoms with E-state index in [9.17, 15) is 5.26 Å². The monoisotopic (exact) mass is 346 g/mol. The number of fused-ring (bicyclic) bond motifs is 3. The molecule has 0 N–H and O–H groups in total. The summed E-state index contributed by atoms with van der Waals surface area (Å²) >= 11 is 0. The molecule has 0 radical (unpaired) electrons. The predicted molar refractivity (Wildman–Crippen MR) is 107 cm³/mol. The van der Waals surface area contributed by atoms with E-state index < -0.39 is 0 Å². The molecule has 3 heterocycles. The van der Waals surface area contributed by atoms with Crippen molar-refractivity contribution in [2.75, 3.05) is 18.0 Å². The second-order valence-corrected chi connectivity index (χ2v) is 7.80. The van der Waals surface area contributed by atoms with Crippen molar-refractivity contribution in [3.63, 3.8) is 0 Å². The van der Waals surface area contributed by atoms with Crippen LogP contribution in [0.25, 0.3) is 16.7 Å². The first kappa shape index (κ1) is 16.9. The molecule has 0 bridgehead atoms. The molecule has 0 unspecified atom stereocenters. The topological polar surface area (TPSA) is 44.3 Å². The molecule has 0 aliphatic carbocycles. The molecule has 0 amide bonds. The van der Waals surface area contributed by atoms with Gasteiger partial charge in [0.25, 0.3) is 0 Å². The molecule has 4 nitrogen and oxygen atoms in total. The van der Waals surface area contributed by atoms with E-state index in [0.29, 0.717) is 5.92 Å². The van der Waals surface area contributed by atoms with Crippen molar-refractivity contribution in [3.05, 3.63) is 41.0 Å². The van der Waals surface area contributed by atoms with E-state index in [0.717, 1.165) is 53.7 Å². The Balaban J connectivity index is 2.09. The van der Waals surface area contributed by atoms with Crippen molar-refractivity contribution < 1.29 is 0 Å². The largest absolute Gasteiger partial charge is 0.357 e. The predicted octanol–water partition coefficient (Wildman–Crippen LogP) is 4.86. The first-order valence-corrected chi connectivity index (χ1v) is 9.69. The lowest BCUT2D eigenvalue weighted by Gasteiger charge is -2.26. The molecule has 0 spiro atoms. The van der Waals surface area contributed by atoms with Gasteiger partial charge >= 0.3 is 0 Å². The number of nitriles is 1. The molecule has 1 saturated heterocycles. The van der Waals surface area contributed by atoms with Crippen LogP contribution in [0.4, 0.5) is 5.82 Å². The maximum absolute atomic E-state index is 9.88. The zero-order valence-electron chi connectivity index (χ0n) is 15.9. The summed E-state index contributed by atoms with van der Waals surface area (Å²) in [6, 6.07) is 10.7. The maximum atomic E-state index is 9.88. The lowest BCUT2D eigenvalue weighted by atomic mass is 9.96. The highest BCUT2D eigenvalue weighted by Gasteiger charge is 2.25. The van der Waals surface area contributed by atoms with Crippen molar-refractivity contribution in [2.45, 2.75) is 46.5 Å². The summed E-state index contributed by atoms with van der Waals surface area (Å²) < 4.78 is 2.25. The number of benzene rings is 1. The number of imidazole rings is 1. The van der Waals surface area contributed by atoms with Crippen LogP contribution < -0.4 is 4.90 Å². The van der Waals surface area contributed by atoms with Gasteiger partial charge in [-0.1, -0.05) is 26.0 Å². The Labute approximate surface area is 155 Å². The van der Waals surface area contributed by atoms with Crippen molar-refractivity contribution >= 4 is 22.5 Å². The SMILES string of the molecule is Cc1c(CCC(C)C)c(N2CCCC2)n2c(nc3ccccc32)c1C#N. The van der Waals surface area contributed by atoms with E-state index in [1.165, 1.54) is 24.2 Å². The maximum Gasteiger partial charge on any atom is 0.157 e. The van der Waals surface area contributed by atoms with Crippen molar-refractivity contribution in [1.29, 1.82) is 5.26 Å². The third kappa shape index (κ3) is 2.63. The van der Waals surface area contributed by atoms with Gasteiger partial charge in [-0.3, -0.25) is 4.40 Å². The second kappa shape index (κ2) is 6.64. The highest BCUT2D eigenvalue weighted by atomic mass is 15.2. The third-order valence-corrected chi connectivity index (χ3v) is 5.58. The number of pyridine rings is 1. The Hall–Kier alpha value is -2.54. The molecule has 134 valence electrons. The summed E-state index contributed by atoms with van der Waals surface area (Å²) in [5, 5.41) is 9.88. The average molecular weight is 346 g/mol. The van der Waals surface area contributed by atoms with Gasteiger partial charge in [-0.15, -0.1) is 0 Å². The molecule has 26 heavy (non-hydrogen) atoms. The van der Waals surface area contributed by atoms with E-state index in [1.807, 2.05) is 12.1 Å². The number of hydrogen-bond donors (Lipinski definition) is 0. The number of para-hydroxylation sites is 2. The van der Waals surface area contributed by atoms with Gasteiger partial charge in [0.1, 0.15) is 11.9 Å². The summed E-state index contributed by atoms with van der Waals surface area (Å²) in [6.07, 6.45) is 4.60. The van der Waals surface area contributed by atoms with Gasteiger partial charge in [-0.2, -0.15) is 5.26 Å². The van der Waals surface area contributed by atoms with Crippen molar-refractivity contribution in [1.82, 2.24) is 9.38 Å². The number of aromatic nitrogens is 2. The zero-order chi connectivity index (χ0) is 18.3. The van der Waals surface area contributed by atoms with Crippen LogP contribution in [-0.4, -0.2) is 22.5 Å². The highest BCUT2D eigenvalue weighted by molar-refractivity contribution is 5.86. The smallest absolute Gasteiger partial charge is 0.157 e. The van der Waals surface area contributed by atoms with Gasteiger partial charge in [-0.25, -0.2) is 4.98 Å². The summed E-state index contributed by atoms with van der Waals surface area (Å²) in [6.45, 7) is 8.80. The summed E-state index contributed by atoms with van der Waals surface area (Å²) in [5.41, 5.74) is 6.03.